The molecule has 1 saturated carbocycles. The summed E-state index contributed by atoms with van der Waals surface area (Å²) in [6.45, 7) is 2.20. The summed E-state index contributed by atoms with van der Waals surface area (Å²) in [4.78, 5) is 15.0. The van der Waals surface area contributed by atoms with E-state index in [0.717, 1.165) is 37.9 Å². The molecule has 1 heterocycles. The van der Waals surface area contributed by atoms with Gasteiger partial charge >= 0.3 is 0 Å². The van der Waals surface area contributed by atoms with Crippen molar-refractivity contribution < 1.29 is 4.79 Å². The summed E-state index contributed by atoms with van der Waals surface area (Å²) >= 11 is 0. The molecule has 2 aliphatic rings. The minimum Gasteiger partial charge on any atom is -0.349 e. The Morgan fingerprint density at radius 1 is 0.889 bits per heavy atom. The van der Waals surface area contributed by atoms with E-state index in [9.17, 15) is 4.79 Å². The highest BCUT2D eigenvalue weighted by Crippen LogP contribution is 2.28. The first-order valence-corrected chi connectivity index (χ1v) is 10.1. The van der Waals surface area contributed by atoms with Gasteiger partial charge in [-0.05, 0) is 55.4 Å². The Morgan fingerprint density at radius 2 is 1.56 bits per heavy atom. The van der Waals surface area contributed by atoms with Crippen molar-refractivity contribution in [3.05, 3.63) is 77.9 Å². The van der Waals surface area contributed by atoms with Crippen molar-refractivity contribution in [2.75, 3.05) is 13.1 Å². The van der Waals surface area contributed by atoms with Crippen molar-refractivity contribution in [1.82, 2.24) is 10.2 Å². The predicted molar refractivity (Wildman–Crippen MR) is 111 cm³/mol. The van der Waals surface area contributed by atoms with Crippen LogP contribution in [0.3, 0.4) is 0 Å². The summed E-state index contributed by atoms with van der Waals surface area (Å²) in [7, 11) is 0. The molecule has 0 aromatic heterocycles. The lowest BCUT2D eigenvalue weighted by Crippen LogP contribution is -2.45. The van der Waals surface area contributed by atoms with E-state index in [0.29, 0.717) is 12.1 Å². The fraction of sp³-hybridized carbons (Fsp3) is 0.375. The van der Waals surface area contributed by atoms with Gasteiger partial charge in [-0.15, -0.1) is 0 Å². The summed E-state index contributed by atoms with van der Waals surface area (Å²) in [5.74, 6) is 0.0625. The monoisotopic (exact) mass is 360 g/mol. The van der Waals surface area contributed by atoms with Crippen LogP contribution in [0.2, 0.25) is 0 Å². The maximum Gasteiger partial charge on any atom is 0.251 e. The van der Waals surface area contributed by atoms with Crippen molar-refractivity contribution >= 4 is 11.5 Å². The number of hydrogen-bond donors (Lipinski definition) is 1. The Hall–Kier alpha value is -2.39. The molecule has 3 nitrogen and oxygen atoms in total. The lowest BCUT2D eigenvalue weighted by Gasteiger charge is -2.38. The van der Waals surface area contributed by atoms with Crippen LogP contribution in [-0.4, -0.2) is 36.0 Å². The number of hydrogen-bond acceptors (Lipinski definition) is 2. The number of nitrogens with one attached hydrogen (secondary N) is 1. The van der Waals surface area contributed by atoms with Crippen LogP contribution in [0, 0.1) is 0 Å². The highest BCUT2D eigenvalue weighted by atomic mass is 16.1. The molecular weight excluding hydrogens is 332 g/mol. The van der Waals surface area contributed by atoms with E-state index >= 15 is 0 Å². The first kappa shape index (κ1) is 18.0. The van der Waals surface area contributed by atoms with Crippen LogP contribution in [0.5, 0.6) is 0 Å². The lowest BCUT2D eigenvalue weighted by atomic mass is 9.88. The molecule has 1 N–H and O–H groups in total. The van der Waals surface area contributed by atoms with Gasteiger partial charge in [0.2, 0.25) is 0 Å². The number of nitrogens with zero attached hydrogens (tertiary/aromatic N) is 1. The first-order valence-electron chi connectivity index (χ1n) is 10.1. The average molecular weight is 361 g/mol. The summed E-state index contributed by atoms with van der Waals surface area (Å²) in [5, 5.41) is 3.22. The molecule has 0 unspecified atom stereocenters. The molecule has 2 aromatic rings. The summed E-state index contributed by atoms with van der Waals surface area (Å²) in [6.07, 6.45) is 8.04. The van der Waals surface area contributed by atoms with Gasteiger partial charge < -0.3 is 5.32 Å². The second kappa shape index (κ2) is 8.53. The Labute approximate surface area is 162 Å². The molecule has 0 saturated heterocycles. The van der Waals surface area contributed by atoms with Crippen LogP contribution in [0.1, 0.15) is 48.0 Å². The van der Waals surface area contributed by atoms with Crippen molar-refractivity contribution in [1.29, 1.82) is 0 Å². The maximum atomic E-state index is 12.3. The Morgan fingerprint density at radius 3 is 2.19 bits per heavy atom. The van der Waals surface area contributed by atoms with Crippen LogP contribution in [-0.2, 0) is 0 Å². The predicted octanol–water partition coefficient (Wildman–Crippen LogP) is 4.52. The SMILES string of the molecule is O=C(NC1CCC(N2CC=C(c3ccccc3)CC2)CC1)c1ccccc1. The van der Waals surface area contributed by atoms with Crippen molar-refractivity contribution in [2.45, 2.75) is 44.2 Å². The normalized spacial score (nSPS) is 23.5. The van der Waals surface area contributed by atoms with E-state index < -0.39 is 0 Å². The van der Waals surface area contributed by atoms with Crippen molar-refractivity contribution in [3.63, 3.8) is 0 Å². The van der Waals surface area contributed by atoms with Crippen LogP contribution < -0.4 is 5.32 Å². The number of amides is 1. The smallest absolute Gasteiger partial charge is 0.251 e. The fourth-order valence-electron chi connectivity index (χ4n) is 4.37. The molecule has 0 bridgehead atoms. The second-order valence-electron chi connectivity index (χ2n) is 7.69. The van der Waals surface area contributed by atoms with Crippen LogP contribution >= 0.6 is 0 Å². The third-order valence-corrected chi connectivity index (χ3v) is 5.97. The minimum absolute atomic E-state index is 0.0625. The number of benzene rings is 2. The standard InChI is InChI=1S/C24H28N2O/c27-24(21-9-5-2-6-10-21)25-22-11-13-23(14-12-22)26-17-15-20(16-18-26)19-7-3-1-4-8-19/h1-10,15,22-23H,11-14,16-18H2,(H,25,27). The van der Waals surface area contributed by atoms with E-state index in [2.05, 4.69) is 46.6 Å². The van der Waals surface area contributed by atoms with E-state index in [4.69, 9.17) is 0 Å². The molecule has 1 amide bonds. The van der Waals surface area contributed by atoms with E-state index in [1.165, 1.54) is 24.0 Å². The molecule has 1 fully saturated rings. The summed E-state index contributed by atoms with van der Waals surface area (Å²) in [6, 6.07) is 21.2. The highest BCUT2D eigenvalue weighted by Gasteiger charge is 2.27. The highest BCUT2D eigenvalue weighted by molar-refractivity contribution is 5.94. The van der Waals surface area contributed by atoms with Gasteiger partial charge in [0.15, 0.2) is 0 Å². The summed E-state index contributed by atoms with van der Waals surface area (Å²) in [5.41, 5.74) is 3.61. The zero-order chi connectivity index (χ0) is 18.5. The van der Waals surface area contributed by atoms with Crippen LogP contribution in [0.15, 0.2) is 66.7 Å². The molecule has 140 valence electrons. The van der Waals surface area contributed by atoms with Gasteiger partial charge in [-0.25, -0.2) is 0 Å². The third kappa shape index (κ3) is 4.48. The zero-order valence-electron chi connectivity index (χ0n) is 15.8. The molecule has 0 radical (unpaired) electrons. The van der Waals surface area contributed by atoms with Gasteiger partial charge in [0.1, 0.15) is 0 Å². The third-order valence-electron chi connectivity index (χ3n) is 5.97. The van der Waals surface area contributed by atoms with Gasteiger partial charge in [0.05, 0.1) is 0 Å². The fourth-order valence-corrected chi connectivity index (χ4v) is 4.37. The molecule has 0 atom stereocenters. The van der Waals surface area contributed by atoms with Gasteiger partial charge in [-0.1, -0.05) is 54.6 Å². The van der Waals surface area contributed by atoms with Crippen LogP contribution in [0.4, 0.5) is 0 Å². The first-order chi connectivity index (χ1) is 13.3. The number of carbonyl (C=O) groups excluding carboxylic acids is 1. The number of carbonyl (C=O) groups is 1. The lowest BCUT2D eigenvalue weighted by molar-refractivity contribution is 0.0907. The quantitative estimate of drug-likeness (QED) is 0.870. The molecule has 27 heavy (non-hydrogen) atoms. The van der Waals surface area contributed by atoms with E-state index in [1.807, 2.05) is 30.3 Å². The average Bonchev–Trinajstić information content (AvgIpc) is 2.76. The second-order valence-corrected chi connectivity index (χ2v) is 7.69. The minimum atomic E-state index is 0.0625. The molecule has 4 rings (SSSR count). The maximum absolute atomic E-state index is 12.3. The van der Waals surface area contributed by atoms with Gasteiger partial charge in [-0.2, -0.15) is 0 Å². The Balaban J connectivity index is 1.26. The van der Waals surface area contributed by atoms with Crippen LogP contribution in [0.25, 0.3) is 5.57 Å². The largest absolute Gasteiger partial charge is 0.349 e. The number of rotatable bonds is 4. The molecule has 3 heteroatoms. The van der Waals surface area contributed by atoms with E-state index in [-0.39, 0.29) is 5.91 Å². The Kier molecular flexibility index (Phi) is 5.69. The molecule has 1 aliphatic carbocycles. The zero-order valence-corrected chi connectivity index (χ0v) is 15.8. The van der Waals surface area contributed by atoms with Crippen molar-refractivity contribution in [3.8, 4) is 0 Å². The molecule has 0 spiro atoms. The molecular formula is C24H28N2O. The molecule has 1 aliphatic heterocycles. The Bertz CT molecular complexity index is 777. The van der Waals surface area contributed by atoms with Gasteiger partial charge in [0, 0.05) is 30.7 Å². The van der Waals surface area contributed by atoms with Crippen molar-refractivity contribution in [2.24, 2.45) is 0 Å². The molecule has 2 aromatic carbocycles. The van der Waals surface area contributed by atoms with Gasteiger partial charge in [0.25, 0.3) is 5.91 Å². The topological polar surface area (TPSA) is 32.3 Å². The summed E-state index contributed by atoms with van der Waals surface area (Å²) < 4.78 is 0. The van der Waals surface area contributed by atoms with E-state index in [1.54, 1.807) is 0 Å². The van der Waals surface area contributed by atoms with Gasteiger partial charge in [-0.3, -0.25) is 9.69 Å².